The van der Waals surface area contributed by atoms with Crippen LogP contribution >= 0.6 is 0 Å². The summed E-state index contributed by atoms with van der Waals surface area (Å²) in [7, 11) is 0. The van der Waals surface area contributed by atoms with E-state index < -0.39 is 0 Å². The topological polar surface area (TPSA) is 23.8 Å². The van der Waals surface area contributed by atoms with Crippen LogP contribution in [0.3, 0.4) is 0 Å². The van der Waals surface area contributed by atoms with E-state index in [0.717, 1.165) is 25.7 Å². The van der Waals surface area contributed by atoms with Crippen molar-refractivity contribution in [2.24, 2.45) is 11.3 Å². The van der Waals surface area contributed by atoms with Gasteiger partial charge in [-0.1, -0.05) is 12.2 Å². The third-order valence-corrected chi connectivity index (χ3v) is 3.49. The second kappa shape index (κ2) is 2.62. The van der Waals surface area contributed by atoms with Crippen LogP contribution in [0.5, 0.6) is 0 Å². The second-order valence-electron chi connectivity index (χ2n) is 4.29. The van der Waals surface area contributed by atoms with Crippen molar-refractivity contribution in [1.82, 2.24) is 0 Å². The molecule has 0 atom stereocenters. The van der Waals surface area contributed by atoms with Crippen LogP contribution in [0.15, 0.2) is 12.2 Å². The molecule has 0 radical (unpaired) electrons. The van der Waals surface area contributed by atoms with Gasteiger partial charge in [0.25, 0.3) is 0 Å². The molecule has 2 saturated carbocycles. The zero-order chi connectivity index (χ0) is 8.60. The number of nitrogens with zero attached hydrogens (tertiary/aromatic N) is 1. The van der Waals surface area contributed by atoms with E-state index in [2.05, 4.69) is 12.6 Å². The molecule has 64 valence electrons. The molecular weight excluding hydrogens is 146 g/mol. The summed E-state index contributed by atoms with van der Waals surface area (Å²) in [6.07, 6.45) is 7.06. The molecule has 0 aromatic carbocycles. The summed E-state index contributed by atoms with van der Waals surface area (Å²) < 4.78 is 0. The number of allylic oxidation sites excluding steroid dienone is 1. The first-order chi connectivity index (χ1) is 5.77. The summed E-state index contributed by atoms with van der Waals surface area (Å²) in [5, 5.41) is 9.00. The average molecular weight is 161 g/mol. The monoisotopic (exact) mass is 161 g/mol. The Kier molecular flexibility index (Phi) is 1.72. The highest BCUT2D eigenvalue weighted by atomic mass is 14.5. The minimum absolute atomic E-state index is 0.112. The molecule has 0 aromatic rings. The van der Waals surface area contributed by atoms with Crippen LogP contribution in [0.4, 0.5) is 0 Å². The van der Waals surface area contributed by atoms with Crippen LogP contribution in [0.1, 0.15) is 38.5 Å². The summed E-state index contributed by atoms with van der Waals surface area (Å²) in [4.78, 5) is 0. The van der Waals surface area contributed by atoms with Gasteiger partial charge in [-0.25, -0.2) is 0 Å². The smallest absolute Gasteiger partial charge is 0.0692 e. The summed E-state index contributed by atoms with van der Waals surface area (Å²) in [6.45, 7) is 3.99. The van der Waals surface area contributed by atoms with E-state index in [1.807, 2.05) is 0 Å². The van der Waals surface area contributed by atoms with E-state index in [4.69, 9.17) is 5.26 Å². The van der Waals surface area contributed by atoms with Crippen LogP contribution in [0.2, 0.25) is 0 Å². The fourth-order valence-corrected chi connectivity index (χ4v) is 2.32. The van der Waals surface area contributed by atoms with Crippen molar-refractivity contribution in [3.8, 4) is 6.07 Å². The Balaban J connectivity index is 1.99. The molecule has 2 aliphatic carbocycles. The highest BCUT2D eigenvalue weighted by Crippen LogP contribution is 2.56. The Hall–Kier alpha value is -0.770. The van der Waals surface area contributed by atoms with Gasteiger partial charge in [0.15, 0.2) is 0 Å². The molecule has 2 fully saturated rings. The van der Waals surface area contributed by atoms with E-state index in [1.165, 1.54) is 18.4 Å². The van der Waals surface area contributed by atoms with Gasteiger partial charge >= 0.3 is 0 Å². The van der Waals surface area contributed by atoms with Gasteiger partial charge in [-0.05, 0) is 44.4 Å². The first kappa shape index (κ1) is 7.86. The number of hydrogen-bond acceptors (Lipinski definition) is 1. The van der Waals surface area contributed by atoms with Crippen LogP contribution in [-0.4, -0.2) is 0 Å². The molecule has 0 unspecified atom stereocenters. The largest absolute Gasteiger partial charge is 0.198 e. The molecule has 0 N–H and O–H groups in total. The number of nitriles is 1. The third-order valence-electron chi connectivity index (χ3n) is 3.49. The molecular formula is C11H15N. The summed E-state index contributed by atoms with van der Waals surface area (Å²) in [6, 6.07) is 2.51. The van der Waals surface area contributed by atoms with Crippen molar-refractivity contribution >= 4 is 0 Å². The molecule has 12 heavy (non-hydrogen) atoms. The minimum atomic E-state index is 0.112. The molecule has 1 heteroatoms. The van der Waals surface area contributed by atoms with Crippen LogP contribution in [0, 0.1) is 22.7 Å². The molecule has 0 saturated heterocycles. The SMILES string of the molecule is C=C1CCC(C2(C#N)CC2)CC1. The van der Waals surface area contributed by atoms with E-state index in [-0.39, 0.29) is 5.41 Å². The lowest BCUT2D eigenvalue weighted by Gasteiger charge is -2.26. The van der Waals surface area contributed by atoms with Crippen LogP contribution in [0.25, 0.3) is 0 Å². The average Bonchev–Trinajstić information content (AvgIpc) is 2.86. The molecule has 0 aromatic heterocycles. The maximum atomic E-state index is 9.00. The van der Waals surface area contributed by atoms with Gasteiger partial charge in [0.2, 0.25) is 0 Å². The fraction of sp³-hybridized carbons (Fsp3) is 0.727. The van der Waals surface area contributed by atoms with Gasteiger partial charge in [0, 0.05) is 0 Å². The van der Waals surface area contributed by atoms with Crippen molar-refractivity contribution in [2.75, 3.05) is 0 Å². The lowest BCUT2D eigenvalue weighted by atomic mass is 9.77. The molecule has 0 bridgehead atoms. The normalized spacial score (nSPS) is 28.1. The predicted molar refractivity (Wildman–Crippen MR) is 48.4 cm³/mol. The van der Waals surface area contributed by atoms with Crippen molar-refractivity contribution in [2.45, 2.75) is 38.5 Å². The second-order valence-corrected chi connectivity index (χ2v) is 4.29. The summed E-state index contributed by atoms with van der Waals surface area (Å²) >= 11 is 0. The van der Waals surface area contributed by atoms with Gasteiger partial charge in [-0.2, -0.15) is 5.26 Å². The standard InChI is InChI=1S/C11H15N/c1-9-2-4-10(5-3-9)11(8-12)6-7-11/h10H,1-7H2. The fourth-order valence-electron chi connectivity index (χ4n) is 2.32. The third kappa shape index (κ3) is 1.16. The quantitative estimate of drug-likeness (QED) is 0.542. The maximum Gasteiger partial charge on any atom is 0.0692 e. The van der Waals surface area contributed by atoms with Crippen molar-refractivity contribution in [1.29, 1.82) is 5.26 Å². The highest BCUT2D eigenvalue weighted by Gasteiger charge is 2.49. The molecule has 0 heterocycles. The van der Waals surface area contributed by atoms with E-state index >= 15 is 0 Å². The van der Waals surface area contributed by atoms with Gasteiger partial charge in [-0.15, -0.1) is 0 Å². The molecule has 1 nitrogen and oxygen atoms in total. The lowest BCUT2D eigenvalue weighted by molar-refractivity contribution is 0.308. The van der Waals surface area contributed by atoms with E-state index in [0.29, 0.717) is 5.92 Å². The van der Waals surface area contributed by atoms with E-state index in [1.54, 1.807) is 0 Å². The molecule has 0 amide bonds. The van der Waals surface area contributed by atoms with Gasteiger partial charge < -0.3 is 0 Å². The first-order valence-corrected chi connectivity index (χ1v) is 4.85. The number of hydrogen-bond donors (Lipinski definition) is 0. The zero-order valence-electron chi connectivity index (χ0n) is 7.47. The van der Waals surface area contributed by atoms with Crippen LogP contribution < -0.4 is 0 Å². The Morgan fingerprint density at radius 3 is 2.33 bits per heavy atom. The molecule has 2 rings (SSSR count). The zero-order valence-corrected chi connectivity index (χ0v) is 7.47. The predicted octanol–water partition coefficient (Wildman–Crippen LogP) is 3.04. The van der Waals surface area contributed by atoms with Gasteiger partial charge in [0.1, 0.15) is 0 Å². The maximum absolute atomic E-state index is 9.00. The first-order valence-electron chi connectivity index (χ1n) is 4.85. The number of rotatable bonds is 1. The van der Waals surface area contributed by atoms with E-state index in [9.17, 15) is 0 Å². The highest BCUT2D eigenvalue weighted by molar-refractivity contribution is 5.15. The van der Waals surface area contributed by atoms with Crippen molar-refractivity contribution < 1.29 is 0 Å². The molecule has 0 aliphatic heterocycles. The van der Waals surface area contributed by atoms with Gasteiger partial charge in [0.05, 0.1) is 11.5 Å². The molecule has 0 spiro atoms. The Labute approximate surface area is 74.1 Å². The Morgan fingerprint density at radius 2 is 1.92 bits per heavy atom. The Bertz CT molecular complexity index is 232. The minimum Gasteiger partial charge on any atom is -0.198 e. The van der Waals surface area contributed by atoms with Crippen molar-refractivity contribution in [3.05, 3.63) is 12.2 Å². The molecule has 2 aliphatic rings. The summed E-state index contributed by atoms with van der Waals surface area (Å²) in [5.74, 6) is 0.688. The Morgan fingerprint density at radius 1 is 1.33 bits per heavy atom. The summed E-state index contributed by atoms with van der Waals surface area (Å²) in [5.41, 5.74) is 1.50. The lowest BCUT2D eigenvalue weighted by Crippen LogP contribution is -2.18. The van der Waals surface area contributed by atoms with Gasteiger partial charge in [-0.3, -0.25) is 0 Å². The van der Waals surface area contributed by atoms with Crippen LogP contribution in [-0.2, 0) is 0 Å². The van der Waals surface area contributed by atoms with Crippen molar-refractivity contribution in [3.63, 3.8) is 0 Å².